The van der Waals surface area contributed by atoms with Crippen LogP contribution in [0, 0.1) is 0 Å². The van der Waals surface area contributed by atoms with E-state index in [4.69, 9.17) is 4.74 Å². The Morgan fingerprint density at radius 3 is 1.96 bits per heavy atom. The summed E-state index contributed by atoms with van der Waals surface area (Å²) in [6.07, 6.45) is 2.22. The number of unbranched alkanes of at least 4 members (excludes halogenated alkanes) is 1. The van der Waals surface area contributed by atoms with E-state index >= 15 is 0 Å². The van der Waals surface area contributed by atoms with Crippen molar-refractivity contribution in [1.82, 2.24) is 0 Å². The van der Waals surface area contributed by atoms with Crippen LogP contribution in [0.15, 0.2) is 78.9 Å². The maximum Gasteiger partial charge on any atom is 0.127 e. The van der Waals surface area contributed by atoms with Crippen LogP contribution in [-0.2, 0) is 0 Å². The molecule has 124 valence electrons. The summed E-state index contributed by atoms with van der Waals surface area (Å²) in [6, 6.07) is 27.3. The van der Waals surface area contributed by atoms with Gasteiger partial charge in [0.15, 0.2) is 0 Å². The Bertz CT molecular complexity index is 753. The molecule has 0 aliphatic heterocycles. The first-order chi connectivity index (χ1) is 11.4. The van der Waals surface area contributed by atoms with Crippen molar-refractivity contribution in [3.8, 4) is 28.0 Å². The molecule has 2 heteroatoms. The summed E-state index contributed by atoms with van der Waals surface area (Å²) >= 11 is 0. The van der Waals surface area contributed by atoms with Crippen LogP contribution >= 0.6 is 13.5 Å². The minimum atomic E-state index is 0. The first-order valence-electron chi connectivity index (χ1n) is 8.27. The summed E-state index contributed by atoms with van der Waals surface area (Å²) in [6.45, 7) is 2.95. The van der Waals surface area contributed by atoms with Gasteiger partial charge in [0, 0.05) is 5.56 Å². The molecular formula is C22H24OS. The van der Waals surface area contributed by atoms with E-state index in [0.29, 0.717) is 0 Å². The highest BCUT2D eigenvalue weighted by Gasteiger charge is 2.11. The average Bonchev–Trinajstić information content (AvgIpc) is 2.63. The zero-order valence-corrected chi connectivity index (χ0v) is 15.0. The third-order valence-electron chi connectivity index (χ3n) is 3.94. The van der Waals surface area contributed by atoms with Crippen LogP contribution < -0.4 is 4.74 Å². The minimum absolute atomic E-state index is 0. The third kappa shape index (κ3) is 4.21. The Morgan fingerprint density at radius 1 is 0.667 bits per heavy atom. The molecule has 0 unspecified atom stereocenters. The van der Waals surface area contributed by atoms with Crippen LogP contribution in [-0.4, -0.2) is 6.61 Å². The Kier molecular flexibility index (Phi) is 6.95. The van der Waals surface area contributed by atoms with Gasteiger partial charge in [0.1, 0.15) is 5.75 Å². The molecule has 0 heterocycles. The molecule has 0 bridgehead atoms. The Labute approximate surface area is 151 Å². The molecule has 0 atom stereocenters. The third-order valence-corrected chi connectivity index (χ3v) is 3.94. The minimum Gasteiger partial charge on any atom is -0.493 e. The fourth-order valence-electron chi connectivity index (χ4n) is 2.73. The molecule has 0 fully saturated rings. The fraction of sp³-hybridized carbons (Fsp3) is 0.182. The highest BCUT2D eigenvalue weighted by molar-refractivity contribution is 7.59. The van der Waals surface area contributed by atoms with Crippen molar-refractivity contribution in [1.29, 1.82) is 0 Å². The van der Waals surface area contributed by atoms with E-state index in [1.165, 1.54) is 16.7 Å². The second-order valence-corrected chi connectivity index (χ2v) is 5.61. The molecule has 3 aromatic rings. The average molecular weight is 336 g/mol. The van der Waals surface area contributed by atoms with Crippen molar-refractivity contribution in [2.24, 2.45) is 0 Å². The lowest BCUT2D eigenvalue weighted by molar-refractivity contribution is 0.310. The summed E-state index contributed by atoms with van der Waals surface area (Å²) in [7, 11) is 0. The van der Waals surface area contributed by atoms with E-state index < -0.39 is 0 Å². The molecule has 0 spiro atoms. The van der Waals surface area contributed by atoms with Crippen LogP contribution in [0.5, 0.6) is 5.75 Å². The molecule has 3 rings (SSSR count). The number of para-hydroxylation sites is 1. The monoisotopic (exact) mass is 336 g/mol. The summed E-state index contributed by atoms with van der Waals surface area (Å²) in [4.78, 5) is 0. The Hall–Kier alpha value is -2.19. The molecule has 0 aliphatic carbocycles. The van der Waals surface area contributed by atoms with E-state index in [-0.39, 0.29) is 13.5 Å². The van der Waals surface area contributed by atoms with Gasteiger partial charge in [-0.1, -0.05) is 86.1 Å². The molecule has 24 heavy (non-hydrogen) atoms. The second-order valence-electron chi connectivity index (χ2n) is 5.61. The summed E-state index contributed by atoms with van der Waals surface area (Å²) in [5.41, 5.74) is 4.83. The molecule has 0 N–H and O–H groups in total. The highest BCUT2D eigenvalue weighted by Crippen LogP contribution is 2.37. The van der Waals surface area contributed by atoms with Gasteiger partial charge in [-0.3, -0.25) is 0 Å². The SMILES string of the molecule is CCCCOc1ccccc1-c1ccccc1-c1ccccc1.S. The second kappa shape index (κ2) is 9.19. The molecule has 0 radical (unpaired) electrons. The molecule has 0 aliphatic rings. The normalized spacial score (nSPS) is 10.0. The first kappa shape index (κ1) is 18.2. The molecule has 0 saturated carbocycles. The van der Waals surface area contributed by atoms with Crippen molar-refractivity contribution in [2.45, 2.75) is 19.8 Å². The quantitative estimate of drug-likeness (QED) is 0.479. The summed E-state index contributed by atoms with van der Waals surface area (Å²) < 4.78 is 6.02. The number of hydrogen-bond donors (Lipinski definition) is 0. The predicted octanol–water partition coefficient (Wildman–Crippen LogP) is 6.31. The number of hydrogen-bond acceptors (Lipinski definition) is 1. The molecule has 0 amide bonds. The van der Waals surface area contributed by atoms with Gasteiger partial charge in [-0.05, 0) is 29.2 Å². The van der Waals surface area contributed by atoms with E-state index in [9.17, 15) is 0 Å². The highest BCUT2D eigenvalue weighted by atomic mass is 32.1. The van der Waals surface area contributed by atoms with Crippen LogP contribution in [0.1, 0.15) is 19.8 Å². The first-order valence-corrected chi connectivity index (χ1v) is 8.27. The van der Waals surface area contributed by atoms with Crippen LogP contribution in [0.25, 0.3) is 22.3 Å². The molecule has 1 nitrogen and oxygen atoms in total. The zero-order chi connectivity index (χ0) is 15.9. The van der Waals surface area contributed by atoms with Crippen molar-refractivity contribution in [2.75, 3.05) is 6.61 Å². The Balaban J connectivity index is 0.00000208. The Morgan fingerprint density at radius 2 is 1.25 bits per heavy atom. The molecule has 0 saturated heterocycles. The van der Waals surface area contributed by atoms with E-state index in [1.807, 2.05) is 12.1 Å². The number of ether oxygens (including phenoxy) is 1. The van der Waals surface area contributed by atoms with Crippen molar-refractivity contribution in [3.05, 3.63) is 78.9 Å². The van der Waals surface area contributed by atoms with Gasteiger partial charge in [-0.25, -0.2) is 0 Å². The predicted molar refractivity (Wildman–Crippen MR) is 108 cm³/mol. The van der Waals surface area contributed by atoms with E-state index in [1.54, 1.807) is 0 Å². The van der Waals surface area contributed by atoms with Crippen LogP contribution in [0.2, 0.25) is 0 Å². The van der Waals surface area contributed by atoms with Gasteiger partial charge >= 0.3 is 0 Å². The lowest BCUT2D eigenvalue weighted by Crippen LogP contribution is -1.98. The van der Waals surface area contributed by atoms with Crippen molar-refractivity contribution < 1.29 is 4.74 Å². The molecular weight excluding hydrogens is 312 g/mol. The van der Waals surface area contributed by atoms with Gasteiger partial charge < -0.3 is 4.74 Å². The fourth-order valence-corrected chi connectivity index (χ4v) is 2.73. The lowest BCUT2D eigenvalue weighted by atomic mass is 9.94. The molecule has 3 aromatic carbocycles. The smallest absolute Gasteiger partial charge is 0.127 e. The standard InChI is InChI=1S/C22H22O.H2S/c1-2-3-17-23-22-16-10-9-15-21(22)20-14-8-7-13-19(20)18-11-5-4-6-12-18;/h4-16H,2-3,17H2,1H3;1H2. The van der Waals surface area contributed by atoms with Crippen LogP contribution in [0.4, 0.5) is 0 Å². The van der Waals surface area contributed by atoms with E-state index in [2.05, 4.69) is 73.7 Å². The van der Waals surface area contributed by atoms with Crippen LogP contribution in [0.3, 0.4) is 0 Å². The van der Waals surface area contributed by atoms with Gasteiger partial charge in [-0.2, -0.15) is 13.5 Å². The van der Waals surface area contributed by atoms with Gasteiger partial charge in [0.25, 0.3) is 0 Å². The van der Waals surface area contributed by atoms with Gasteiger partial charge in [0.05, 0.1) is 6.61 Å². The summed E-state index contributed by atoms with van der Waals surface area (Å²) in [5.74, 6) is 0.962. The maximum absolute atomic E-state index is 6.02. The number of benzene rings is 3. The van der Waals surface area contributed by atoms with E-state index in [0.717, 1.165) is 30.8 Å². The van der Waals surface area contributed by atoms with Crippen molar-refractivity contribution >= 4 is 13.5 Å². The lowest BCUT2D eigenvalue weighted by Gasteiger charge is -2.15. The topological polar surface area (TPSA) is 9.23 Å². The zero-order valence-electron chi connectivity index (χ0n) is 14.0. The number of rotatable bonds is 6. The van der Waals surface area contributed by atoms with Gasteiger partial charge in [0.2, 0.25) is 0 Å². The summed E-state index contributed by atoms with van der Waals surface area (Å²) in [5, 5.41) is 0. The maximum atomic E-state index is 6.02. The van der Waals surface area contributed by atoms with Crippen molar-refractivity contribution in [3.63, 3.8) is 0 Å². The molecule has 0 aromatic heterocycles. The largest absolute Gasteiger partial charge is 0.493 e. The van der Waals surface area contributed by atoms with Gasteiger partial charge in [-0.15, -0.1) is 0 Å².